The zero-order chi connectivity index (χ0) is 12.3. The molecule has 1 aliphatic rings. The maximum atomic E-state index is 13.3. The predicted molar refractivity (Wildman–Crippen MR) is 64.9 cm³/mol. The quantitative estimate of drug-likeness (QED) is 0.850. The van der Waals surface area contributed by atoms with Crippen LogP contribution in [-0.4, -0.2) is 5.92 Å². The Kier molecular flexibility index (Phi) is 3.77. The fourth-order valence-electron chi connectivity index (χ4n) is 2.67. The number of hydrogen-bond acceptors (Lipinski definition) is 1. The molecule has 3 heteroatoms. The minimum absolute atomic E-state index is 0.00747. The summed E-state index contributed by atoms with van der Waals surface area (Å²) in [6.45, 7) is 0. The Morgan fingerprint density at radius 3 is 2.65 bits per heavy atom. The lowest BCUT2D eigenvalue weighted by Gasteiger charge is -2.30. The van der Waals surface area contributed by atoms with E-state index in [2.05, 4.69) is 0 Å². The average Bonchev–Trinajstić information content (AvgIpc) is 2.29. The van der Waals surface area contributed by atoms with Gasteiger partial charge in [-0.05, 0) is 30.7 Å². The molecule has 0 amide bonds. The van der Waals surface area contributed by atoms with E-state index in [-0.39, 0.29) is 24.8 Å². The van der Waals surface area contributed by atoms with Crippen LogP contribution >= 0.6 is 0 Å². The molecule has 1 saturated carbocycles. The lowest BCUT2D eigenvalue weighted by Crippen LogP contribution is -2.28. The van der Waals surface area contributed by atoms with Gasteiger partial charge in [0.15, 0.2) is 0 Å². The Balaban J connectivity index is 1.93. The number of benzene rings is 1. The smallest absolute Gasteiger partial charge is 0.248 e. The maximum Gasteiger partial charge on any atom is 0.248 e. The van der Waals surface area contributed by atoms with Crippen LogP contribution < -0.4 is 5.73 Å². The van der Waals surface area contributed by atoms with Crippen molar-refractivity contribution in [1.29, 1.82) is 0 Å². The highest BCUT2D eigenvalue weighted by Gasteiger charge is 2.36. The molecule has 1 fully saturated rings. The number of halogens is 2. The highest BCUT2D eigenvalue weighted by molar-refractivity contribution is 5.18. The summed E-state index contributed by atoms with van der Waals surface area (Å²) < 4.78 is 26.5. The van der Waals surface area contributed by atoms with Crippen LogP contribution in [0.1, 0.15) is 43.7 Å². The first-order chi connectivity index (χ1) is 8.07. The van der Waals surface area contributed by atoms with Crippen molar-refractivity contribution in [1.82, 2.24) is 0 Å². The van der Waals surface area contributed by atoms with E-state index in [1.165, 1.54) is 0 Å². The summed E-state index contributed by atoms with van der Waals surface area (Å²) >= 11 is 0. The first-order valence-corrected chi connectivity index (χ1v) is 6.25. The molecule has 1 aliphatic carbocycles. The number of alkyl halides is 2. The Morgan fingerprint density at radius 1 is 1.29 bits per heavy atom. The molecule has 17 heavy (non-hydrogen) atoms. The normalized spacial score (nSPS) is 25.5. The highest BCUT2D eigenvalue weighted by Crippen LogP contribution is 2.39. The molecule has 2 rings (SSSR count). The van der Waals surface area contributed by atoms with Gasteiger partial charge < -0.3 is 5.73 Å². The molecular weight excluding hydrogens is 220 g/mol. The summed E-state index contributed by atoms with van der Waals surface area (Å²) in [4.78, 5) is 0. The van der Waals surface area contributed by atoms with E-state index in [4.69, 9.17) is 5.73 Å². The Morgan fingerprint density at radius 2 is 2.00 bits per heavy atom. The SMILES string of the molecule is NC(CC1CCCC(F)(F)C1)c1ccccc1. The molecule has 2 atom stereocenters. The van der Waals surface area contributed by atoms with Crippen LogP contribution in [0.25, 0.3) is 0 Å². The zero-order valence-corrected chi connectivity index (χ0v) is 9.91. The monoisotopic (exact) mass is 239 g/mol. The maximum absolute atomic E-state index is 13.3. The van der Waals surface area contributed by atoms with Crippen molar-refractivity contribution in [2.24, 2.45) is 11.7 Å². The standard InChI is InChI=1S/C14H19F2N/c15-14(16)8-4-5-11(10-14)9-13(17)12-6-2-1-3-7-12/h1-3,6-7,11,13H,4-5,8-10,17H2. The topological polar surface area (TPSA) is 26.0 Å². The van der Waals surface area contributed by atoms with Gasteiger partial charge in [0.2, 0.25) is 5.92 Å². The fourth-order valence-corrected chi connectivity index (χ4v) is 2.67. The molecule has 1 aromatic rings. The van der Waals surface area contributed by atoms with Gasteiger partial charge in [0.25, 0.3) is 0 Å². The van der Waals surface area contributed by atoms with E-state index in [9.17, 15) is 8.78 Å². The van der Waals surface area contributed by atoms with Gasteiger partial charge in [-0.1, -0.05) is 30.3 Å². The van der Waals surface area contributed by atoms with Crippen LogP contribution in [-0.2, 0) is 0 Å². The molecule has 94 valence electrons. The Labute approximate surface area is 101 Å². The molecule has 0 saturated heterocycles. The third-order valence-electron chi connectivity index (χ3n) is 3.56. The van der Waals surface area contributed by atoms with Crippen LogP contribution in [0.3, 0.4) is 0 Å². The van der Waals surface area contributed by atoms with Crippen LogP contribution in [0.4, 0.5) is 8.78 Å². The molecule has 0 heterocycles. The largest absolute Gasteiger partial charge is 0.324 e. The van der Waals surface area contributed by atoms with Gasteiger partial charge >= 0.3 is 0 Å². The molecule has 1 aromatic carbocycles. The molecular formula is C14H19F2N. The summed E-state index contributed by atoms with van der Waals surface area (Å²) in [6, 6.07) is 9.62. The van der Waals surface area contributed by atoms with Crippen molar-refractivity contribution in [2.45, 2.75) is 44.1 Å². The van der Waals surface area contributed by atoms with E-state index in [1.54, 1.807) is 0 Å². The van der Waals surface area contributed by atoms with Gasteiger partial charge in [-0.2, -0.15) is 0 Å². The van der Waals surface area contributed by atoms with Crippen molar-refractivity contribution >= 4 is 0 Å². The zero-order valence-electron chi connectivity index (χ0n) is 9.91. The van der Waals surface area contributed by atoms with Crippen molar-refractivity contribution in [2.75, 3.05) is 0 Å². The highest BCUT2D eigenvalue weighted by atomic mass is 19.3. The van der Waals surface area contributed by atoms with Gasteiger partial charge in [0.05, 0.1) is 0 Å². The van der Waals surface area contributed by atoms with E-state index in [0.717, 1.165) is 12.0 Å². The second-order valence-electron chi connectivity index (χ2n) is 5.07. The van der Waals surface area contributed by atoms with E-state index >= 15 is 0 Å². The summed E-state index contributed by atoms with van der Waals surface area (Å²) in [5.74, 6) is -2.41. The van der Waals surface area contributed by atoms with Crippen LogP contribution in [0.2, 0.25) is 0 Å². The van der Waals surface area contributed by atoms with Gasteiger partial charge in [0.1, 0.15) is 0 Å². The van der Waals surface area contributed by atoms with Gasteiger partial charge in [-0.15, -0.1) is 0 Å². The lowest BCUT2D eigenvalue weighted by atomic mass is 9.81. The van der Waals surface area contributed by atoms with Gasteiger partial charge in [-0.3, -0.25) is 0 Å². The van der Waals surface area contributed by atoms with Gasteiger partial charge in [0, 0.05) is 18.9 Å². The summed E-state index contributed by atoms with van der Waals surface area (Å²) in [7, 11) is 0. The predicted octanol–water partition coefficient (Wildman–Crippen LogP) is 3.90. The van der Waals surface area contributed by atoms with E-state index < -0.39 is 5.92 Å². The summed E-state index contributed by atoms with van der Waals surface area (Å²) in [5.41, 5.74) is 7.11. The van der Waals surface area contributed by atoms with Crippen molar-refractivity contribution in [3.63, 3.8) is 0 Å². The molecule has 1 nitrogen and oxygen atoms in total. The number of rotatable bonds is 3. The molecule has 0 aliphatic heterocycles. The minimum Gasteiger partial charge on any atom is -0.324 e. The molecule has 0 bridgehead atoms. The summed E-state index contributed by atoms with van der Waals surface area (Å²) in [5, 5.41) is 0. The van der Waals surface area contributed by atoms with E-state index in [0.29, 0.717) is 12.8 Å². The molecule has 2 unspecified atom stereocenters. The van der Waals surface area contributed by atoms with Crippen LogP contribution in [0.5, 0.6) is 0 Å². The van der Waals surface area contributed by atoms with Crippen molar-refractivity contribution in [3.05, 3.63) is 35.9 Å². The lowest BCUT2D eigenvalue weighted by molar-refractivity contribution is -0.0543. The molecule has 2 N–H and O–H groups in total. The van der Waals surface area contributed by atoms with Gasteiger partial charge in [-0.25, -0.2) is 8.78 Å². The fraction of sp³-hybridized carbons (Fsp3) is 0.571. The third kappa shape index (κ3) is 3.50. The van der Waals surface area contributed by atoms with E-state index in [1.807, 2.05) is 30.3 Å². The number of hydrogen-bond donors (Lipinski definition) is 1. The second-order valence-corrected chi connectivity index (χ2v) is 5.07. The molecule has 0 radical (unpaired) electrons. The first kappa shape index (κ1) is 12.5. The Bertz CT molecular complexity index is 350. The van der Waals surface area contributed by atoms with Crippen LogP contribution in [0.15, 0.2) is 30.3 Å². The minimum atomic E-state index is -2.47. The second kappa shape index (κ2) is 5.13. The van der Waals surface area contributed by atoms with Crippen LogP contribution in [0, 0.1) is 5.92 Å². The number of nitrogens with two attached hydrogens (primary N) is 1. The average molecular weight is 239 g/mol. The van der Waals surface area contributed by atoms with Crippen molar-refractivity contribution in [3.8, 4) is 0 Å². The first-order valence-electron chi connectivity index (χ1n) is 6.25. The molecule has 0 aromatic heterocycles. The molecule has 0 spiro atoms. The van der Waals surface area contributed by atoms with Crippen molar-refractivity contribution < 1.29 is 8.78 Å². The summed E-state index contributed by atoms with van der Waals surface area (Å²) in [6.07, 6.45) is 2.23. The third-order valence-corrected chi connectivity index (χ3v) is 3.56. The Hall–Kier alpha value is -0.960.